The van der Waals surface area contributed by atoms with Gasteiger partial charge in [0.1, 0.15) is 11.3 Å². The molecule has 0 amide bonds. The van der Waals surface area contributed by atoms with E-state index >= 15 is 0 Å². The number of pyridine rings is 1. The van der Waals surface area contributed by atoms with E-state index in [0.29, 0.717) is 17.3 Å². The molecule has 9 heteroatoms. The molecule has 3 aromatic heterocycles. The summed E-state index contributed by atoms with van der Waals surface area (Å²) in [5.74, 6) is 1.13. The minimum Gasteiger partial charge on any atom is -0.368 e. The van der Waals surface area contributed by atoms with Crippen molar-refractivity contribution in [3.63, 3.8) is 0 Å². The molecule has 33 heavy (non-hydrogen) atoms. The van der Waals surface area contributed by atoms with Gasteiger partial charge in [0.05, 0.1) is 23.6 Å². The number of anilines is 3. The van der Waals surface area contributed by atoms with Gasteiger partial charge in [0.25, 0.3) is 0 Å². The standard InChI is InChI=1S/C24H28N8O/c1-15(2)32-23-20(14-27-32)19(16(3)33)11-17-12-26-24(29-22(17)23)28-21-6-5-18(13-25-21)31-9-7-30(4)8-10-31/h5-6,11-15H,7-10H2,1-4H3,(H,25,26,28,29). The Morgan fingerprint density at radius 1 is 1.06 bits per heavy atom. The number of piperazine rings is 1. The second-order valence-corrected chi connectivity index (χ2v) is 8.87. The van der Waals surface area contributed by atoms with E-state index in [2.05, 4.69) is 57.1 Å². The van der Waals surface area contributed by atoms with Crippen molar-refractivity contribution in [1.82, 2.24) is 29.6 Å². The number of nitrogens with zero attached hydrogens (tertiary/aromatic N) is 7. The molecule has 0 atom stereocenters. The minimum atomic E-state index is -0.00273. The topological polar surface area (TPSA) is 92.1 Å². The number of ketones is 1. The van der Waals surface area contributed by atoms with E-state index in [1.807, 2.05) is 23.0 Å². The summed E-state index contributed by atoms with van der Waals surface area (Å²) in [7, 11) is 2.15. The molecule has 0 aliphatic carbocycles. The van der Waals surface area contributed by atoms with Crippen LogP contribution in [0.1, 0.15) is 37.2 Å². The van der Waals surface area contributed by atoms with Crippen LogP contribution in [0.5, 0.6) is 0 Å². The van der Waals surface area contributed by atoms with Crippen LogP contribution in [0.2, 0.25) is 0 Å². The maximum atomic E-state index is 12.2. The fourth-order valence-corrected chi connectivity index (χ4v) is 4.28. The Bertz CT molecular complexity index is 1320. The average Bonchev–Trinajstić information content (AvgIpc) is 3.25. The molecular weight excluding hydrogens is 416 g/mol. The van der Waals surface area contributed by atoms with E-state index < -0.39 is 0 Å². The van der Waals surface area contributed by atoms with Crippen LogP contribution in [0.3, 0.4) is 0 Å². The lowest BCUT2D eigenvalue weighted by Gasteiger charge is -2.33. The number of carbonyl (C=O) groups excluding carboxylic acids is 1. The minimum absolute atomic E-state index is 0.00273. The number of carbonyl (C=O) groups is 1. The highest BCUT2D eigenvalue weighted by molar-refractivity contribution is 6.14. The third-order valence-electron chi connectivity index (χ3n) is 6.15. The highest BCUT2D eigenvalue weighted by atomic mass is 16.1. The van der Waals surface area contributed by atoms with Crippen molar-refractivity contribution >= 4 is 45.0 Å². The van der Waals surface area contributed by atoms with Crippen LogP contribution in [0.15, 0.2) is 36.8 Å². The molecule has 5 rings (SSSR count). The molecule has 0 unspecified atom stereocenters. The summed E-state index contributed by atoms with van der Waals surface area (Å²) >= 11 is 0. The SMILES string of the molecule is CC(=O)c1cc2cnc(Nc3ccc(N4CCN(C)CC4)cn3)nc2c2c1cnn2C(C)C. The molecule has 170 valence electrons. The van der Waals surface area contributed by atoms with Gasteiger partial charge in [-0.05, 0) is 46.0 Å². The van der Waals surface area contributed by atoms with E-state index in [4.69, 9.17) is 4.98 Å². The molecule has 1 saturated heterocycles. The van der Waals surface area contributed by atoms with Crippen LogP contribution in [0.25, 0.3) is 21.8 Å². The van der Waals surface area contributed by atoms with Crippen LogP contribution in [0, 0.1) is 0 Å². The van der Waals surface area contributed by atoms with Crippen molar-refractivity contribution < 1.29 is 4.79 Å². The third-order valence-corrected chi connectivity index (χ3v) is 6.15. The summed E-state index contributed by atoms with van der Waals surface area (Å²) in [5.41, 5.74) is 3.35. The molecule has 9 nitrogen and oxygen atoms in total. The highest BCUT2D eigenvalue weighted by Crippen LogP contribution is 2.30. The summed E-state index contributed by atoms with van der Waals surface area (Å²) in [6.45, 7) is 9.80. The Balaban J connectivity index is 1.48. The number of rotatable bonds is 5. The van der Waals surface area contributed by atoms with E-state index in [0.717, 1.165) is 53.7 Å². The second kappa shape index (κ2) is 8.40. The lowest BCUT2D eigenvalue weighted by atomic mass is 10.0. The summed E-state index contributed by atoms with van der Waals surface area (Å²) < 4.78 is 1.91. The normalized spacial score (nSPS) is 15.0. The number of benzene rings is 1. The number of fused-ring (bicyclic) bond motifs is 3. The lowest BCUT2D eigenvalue weighted by Crippen LogP contribution is -2.44. The molecule has 0 saturated carbocycles. The first-order valence-electron chi connectivity index (χ1n) is 11.2. The van der Waals surface area contributed by atoms with Gasteiger partial charge in [0, 0.05) is 54.8 Å². The Morgan fingerprint density at radius 3 is 2.52 bits per heavy atom. The predicted octanol–water partition coefficient (Wildman–Crippen LogP) is 3.65. The number of Topliss-reactive ketones (excluding diaryl/α,β-unsaturated/α-hetero) is 1. The zero-order chi connectivity index (χ0) is 23.1. The molecule has 4 heterocycles. The van der Waals surface area contributed by atoms with Crippen LogP contribution < -0.4 is 10.2 Å². The van der Waals surface area contributed by atoms with Crippen molar-refractivity contribution in [3.05, 3.63) is 42.4 Å². The largest absolute Gasteiger partial charge is 0.368 e. The zero-order valence-corrected chi connectivity index (χ0v) is 19.4. The summed E-state index contributed by atoms with van der Waals surface area (Å²) in [5, 5.41) is 9.36. The van der Waals surface area contributed by atoms with Crippen molar-refractivity contribution in [2.45, 2.75) is 26.8 Å². The first kappa shape index (κ1) is 21.3. The molecule has 1 N–H and O–H groups in total. The van der Waals surface area contributed by atoms with E-state index in [1.54, 1.807) is 19.3 Å². The quantitative estimate of drug-likeness (QED) is 0.467. The maximum absolute atomic E-state index is 12.2. The van der Waals surface area contributed by atoms with Gasteiger partial charge >= 0.3 is 0 Å². The second-order valence-electron chi connectivity index (χ2n) is 8.87. The molecule has 0 radical (unpaired) electrons. The monoisotopic (exact) mass is 444 g/mol. The number of likely N-dealkylation sites (N-methyl/N-ethyl adjacent to an activating group) is 1. The van der Waals surface area contributed by atoms with Gasteiger partial charge in [-0.15, -0.1) is 0 Å². The number of hydrogen-bond acceptors (Lipinski definition) is 8. The molecule has 1 aliphatic heterocycles. The Hall–Kier alpha value is -3.59. The predicted molar refractivity (Wildman–Crippen MR) is 130 cm³/mol. The van der Waals surface area contributed by atoms with Crippen molar-refractivity contribution in [3.8, 4) is 0 Å². The van der Waals surface area contributed by atoms with Gasteiger partial charge in [0.15, 0.2) is 5.78 Å². The summed E-state index contributed by atoms with van der Waals surface area (Å²) in [4.78, 5) is 30.8. The summed E-state index contributed by atoms with van der Waals surface area (Å²) in [6, 6.07) is 6.00. The van der Waals surface area contributed by atoms with Gasteiger partial charge in [-0.3, -0.25) is 9.48 Å². The third kappa shape index (κ3) is 4.00. The fourth-order valence-electron chi connectivity index (χ4n) is 4.28. The molecule has 1 aliphatic rings. The average molecular weight is 445 g/mol. The summed E-state index contributed by atoms with van der Waals surface area (Å²) in [6.07, 6.45) is 5.38. The van der Waals surface area contributed by atoms with Gasteiger partial charge in [-0.2, -0.15) is 5.10 Å². The van der Waals surface area contributed by atoms with Crippen LogP contribution in [0.4, 0.5) is 17.5 Å². The Labute approximate surface area is 192 Å². The molecule has 0 spiro atoms. The number of nitrogens with one attached hydrogen (secondary N) is 1. The van der Waals surface area contributed by atoms with Gasteiger partial charge < -0.3 is 15.1 Å². The van der Waals surface area contributed by atoms with Crippen LogP contribution in [-0.4, -0.2) is 68.6 Å². The molecular formula is C24H28N8O. The molecule has 1 fully saturated rings. The van der Waals surface area contributed by atoms with E-state index in [-0.39, 0.29) is 11.8 Å². The van der Waals surface area contributed by atoms with E-state index in [9.17, 15) is 4.79 Å². The maximum Gasteiger partial charge on any atom is 0.228 e. The number of hydrogen-bond donors (Lipinski definition) is 1. The van der Waals surface area contributed by atoms with Crippen molar-refractivity contribution in [1.29, 1.82) is 0 Å². The Kier molecular flexibility index (Phi) is 5.41. The zero-order valence-electron chi connectivity index (χ0n) is 19.4. The van der Waals surface area contributed by atoms with Gasteiger partial charge in [-0.25, -0.2) is 15.0 Å². The van der Waals surface area contributed by atoms with Gasteiger partial charge in [-0.1, -0.05) is 0 Å². The Morgan fingerprint density at radius 2 is 1.85 bits per heavy atom. The first-order chi connectivity index (χ1) is 15.9. The van der Waals surface area contributed by atoms with Crippen molar-refractivity contribution in [2.75, 3.05) is 43.4 Å². The van der Waals surface area contributed by atoms with E-state index in [1.165, 1.54) is 0 Å². The molecule has 0 bridgehead atoms. The van der Waals surface area contributed by atoms with Crippen LogP contribution >= 0.6 is 0 Å². The molecule has 1 aromatic carbocycles. The number of aromatic nitrogens is 5. The molecule has 4 aromatic rings. The first-order valence-corrected chi connectivity index (χ1v) is 11.2. The van der Waals surface area contributed by atoms with Crippen molar-refractivity contribution in [2.24, 2.45) is 0 Å². The highest BCUT2D eigenvalue weighted by Gasteiger charge is 2.18. The smallest absolute Gasteiger partial charge is 0.228 e. The van der Waals surface area contributed by atoms with Gasteiger partial charge in [0.2, 0.25) is 5.95 Å². The van der Waals surface area contributed by atoms with Crippen LogP contribution in [-0.2, 0) is 0 Å². The fraction of sp³-hybridized carbons (Fsp3) is 0.375. The lowest BCUT2D eigenvalue weighted by molar-refractivity contribution is 0.101.